The molecule has 0 aliphatic rings. The molecule has 0 heterocycles. The third kappa shape index (κ3) is 1.57. The second-order valence-electron chi connectivity index (χ2n) is 1.09. The van der Waals surface area contributed by atoms with E-state index in [-0.39, 0.29) is 0 Å². The third-order valence-electron chi connectivity index (χ3n) is 0.682. The Labute approximate surface area is 47.0 Å². The monoisotopic (exact) mass is 119 g/mol. The molecule has 0 aromatic rings. The molecule has 47 valence electrons. The Morgan fingerprint density at radius 3 is 1.88 bits per heavy atom. The number of hydrogen-bond donors (Lipinski definition) is 1. The van der Waals surface area contributed by atoms with Crippen LogP contribution in [0.15, 0.2) is 0 Å². The minimum atomic E-state index is -2.18. The summed E-state index contributed by atoms with van der Waals surface area (Å²) in [6.45, 7) is 0. The molecule has 1 radical (unpaired) electrons. The molecule has 0 spiro atoms. The molecule has 0 saturated heterocycles. The summed E-state index contributed by atoms with van der Waals surface area (Å²) in [5.41, 5.74) is 0. The van der Waals surface area contributed by atoms with Crippen molar-refractivity contribution in [3.8, 4) is 0 Å². The quantitative estimate of drug-likeness (QED) is 0.486. The average Bonchev–Trinajstić information content (AvgIpc) is 1.87. The maximum atomic E-state index is 9.66. The number of rotatable bonds is 3. The van der Waals surface area contributed by atoms with E-state index in [1.165, 1.54) is 0 Å². The van der Waals surface area contributed by atoms with Gasteiger partial charge in [-0.05, 0) is 0 Å². The van der Waals surface area contributed by atoms with Gasteiger partial charge in [0, 0.05) is 14.2 Å². The molecule has 0 aromatic carbocycles. The van der Waals surface area contributed by atoms with Crippen molar-refractivity contribution < 1.29 is 19.4 Å². The first-order valence-electron chi connectivity index (χ1n) is 1.90. The van der Waals surface area contributed by atoms with E-state index in [1.54, 1.807) is 0 Å². The Hall–Kier alpha value is -0.450. The summed E-state index contributed by atoms with van der Waals surface area (Å²) in [6.07, 6.45) is 1.14. The van der Waals surface area contributed by atoms with Crippen molar-refractivity contribution in [3.05, 3.63) is 0 Å². The second kappa shape index (κ2) is 2.76. The third-order valence-corrected chi connectivity index (χ3v) is 0.682. The number of hydrogen-bond acceptors (Lipinski definition) is 4. The Bertz CT molecular complexity index is 76.1. The van der Waals surface area contributed by atoms with Crippen LogP contribution in [0.3, 0.4) is 0 Å². The summed E-state index contributed by atoms with van der Waals surface area (Å²) in [6, 6.07) is 0. The van der Waals surface area contributed by atoms with Crippen LogP contribution in [0.5, 0.6) is 0 Å². The van der Waals surface area contributed by atoms with Gasteiger partial charge in [0.15, 0.2) is 0 Å². The highest BCUT2D eigenvalue weighted by atomic mass is 16.8. The smallest absolute Gasteiger partial charge is 0.337 e. The molecule has 8 heavy (non-hydrogen) atoms. The summed E-state index contributed by atoms with van der Waals surface area (Å²) < 4.78 is 8.29. The molecule has 1 N–H and O–H groups in total. The predicted molar refractivity (Wildman–Crippen MR) is 24.7 cm³/mol. The highest BCUT2D eigenvalue weighted by molar-refractivity contribution is 5.58. The van der Waals surface area contributed by atoms with E-state index in [0.29, 0.717) is 0 Å². The van der Waals surface area contributed by atoms with Gasteiger partial charge in [0.05, 0.1) is 0 Å². The zero-order valence-electron chi connectivity index (χ0n) is 4.67. The number of aliphatic hydroxyl groups is 1. The maximum absolute atomic E-state index is 9.66. The molecule has 0 fully saturated rings. The van der Waals surface area contributed by atoms with Crippen molar-refractivity contribution in [2.24, 2.45) is 0 Å². The largest absolute Gasteiger partial charge is 0.352 e. The van der Waals surface area contributed by atoms with Crippen molar-refractivity contribution in [1.29, 1.82) is 0 Å². The average molecular weight is 119 g/mol. The Kier molecular flexibility index (Phi) is 2.60. The van der Waals surface area contributed by atoms with Gasteiger partial charge >= 0.3 is 5.97 Å². The fourth-order valence-corrected chi connectivity index (χ4v) is 0.167. The number of ether oxygens (including phenoxy) is 2. The molecule has 0 unspecified atom stereocenters. The van der Waals surface area contributed by atoms with Crippen LogP contribution in [0.1, 0.15) is 0 Å². The van der Waals surface area contributed by atoms with Gasteiger partial charge in [-0.1, -0.05) is 0 Å². The molecular formula is C4H7O4. The first kappa shape index (κ1) is 7.55. The SMILES string of the molecule is COC(O)([C]=O)OC. The van der Waals surface area contributed by atoms with E-state index in [4.69, 9.17) is 5.11 Å². The Morgan fingerprint density at radius 2 is 1.88 bits per heavy atom. The summed E-state index contributed by atoms with van der Waals surface area (Å²) in [5, 5.41) is 8.57. The second-order valence-corrected chi connectivity index (χ2v) is 1.09. The molecule has 0 atom stereocenters. The van der Waals surface area contributed by atoms with Crippen LogP contribution < -0.4 is 0 Å². The van der Waals surface area contributed by atoms with E-state index in [1.807, 2.05) is 0 Å². The van der Waals surface area contributed by atoms with Gasteiger partial charge in [-0.25, -0.2) is 0 Å². The molecule has 0 bridgehead atoms. The molecule has 0 saturated carbocycles. The van der Waals surface area contributed by atoms with E-state index in [9.17, 15) is 4.79 Å². The van der Waals surface area contributed by atoms with Gasteiger partial charge in [0.25, 0.3) is 6.29 Å². The fraction of sp³-hybridized carbons (Fsp3) is 0.750. The lowest BCUT2D eigenvalue weighted by Gasteiger charge is -2.14. The highest BCUT2D eigenvalue weighted by Crippen LogP contribution is 1.99. The summed E-state index contributed by atoms with van der Waals surface area (Å²) in [5.74, 6) is -2.18. The molecule has 4 nitrogen and oxygen atoms in total. The first-order chi connectivity index (χ1) is 3.68. The number of methoxy groups -OCH3 is 2. The summed E-state index contributed by atoms with van der Waals surface area (Å²) >= 11 is 0. The van der Waals surface area contributed by atoms with Gasteiger partial charge in [-0.3, -0.25) is 4.79 Å². The minimum Gasteiger partial charge on any atom is -0.337 e. The van der Waals surface area contributed by atoms with Crippen LogP contribution in [0.4, 0.5) is 0 Å². The van der Waals surface area contributed by atoms with Gasteiger partial charge in [-0.2, -0.15) is 0 Å². The molecule has 0 rings (SSSR count). The van der Waals surface area contributed by atoms with Crippen molar-refractivity contribution in [3.63, 3.8) is 0 Å². The normalized spacial score (nSPS) is 11.4. The van der Waals surface area contributed by atoms with Crippen LogP contribution >= 0.6 is 0 Å². The van der Waals surface area contributed by atoms with Gasteiger partial charge < -0.3 is 14.6 Å². The van der Waals surface area contributed by atoms with Crippen molar-refractivity contribution in [1.82, 2.24) is 0 Å². The van der Waals surface area contributed by atoms with Crippen molar-refractivity contribution in [2.45, 2.75) is 5.97 Å². The molecule has 0 aromatic heterocycles. The maximum Gasteiger partial charge on any atom is 0.352 e. The standard InChI is InChI=1S/C4H7O4/c1-7-4(6,3-5)8-2/h6H,1-2H3. The van der Waals surface area contributed by atoms with Crippen LogP contribution in [0.2, 0.25) is 0 Å². The van der Waals surface area contributed by atoms with Crippen LogP contribution in [0.25, 0.3) is 0 Å². The minimum absolute atomic E-state index is 1.13. The molecule has 0 aliphatic heterocycles. The highest BCUT2D eigenvalue weighted by Gasteiger charge is 2.25. The van der Waals surface area contributed by atoms with E-state index in [2.05, 4.69) is 9.47 Å². The van der Waals surface area contributed by atoms with Crippen LogP contribution in [-0.4, -0.2) is 31.6 Å². The van der Waals surface area contributed by atoms with E-state index in [0.717, 1.165) is 20.5 Å². The fourth-order valence-electron chi connectivity index (χ4n) is 0.167. The molecule has 0 aliphatic carbocycles. The van der Waals surface area contributed by atoms with Crippen LogP contribution in [0, 0.1) is 0 Å². The molecule has 0 amide bonds. The molecule has 4 heteroatoms. The van der Waals surface area contributed by atoms with Gasteiger partial charge in [-0.15, -0.1) is 0 Å². The predicted octanol–water partition coefficient (Wildman–Crippen LogP) is -0.965. The Morgan fingerprint density at radius 1 is 1.50 bits per heavy atom. The van der Waals surface area contributed by atoms with E-state index < -0.39 is 5.97 Å². The van der Waals surface area contributed by atoms with Gasteiger partial charge in [0.2, 0.25) is 0 Å². The lowest BCUT2D eigenvalue weighted by Crippen LogP contribution is -2.34. The lowest BCUT2D eigenvalue weighted by molar-refractivity contribution is -0.288. The topological polar surface area (TPSA) is 55.8 Å². The van der Waals surface area contributed by atoms with Gasteiger partial charge in [0.1, 0.15) is 0 Å². The summed E-state index contributed by atoms with van der Waals surface area (Å²) in [4.78, 5) is 9.66. The summed E-state index contributed by atoms with van der Waals surface area (Å²) in [7, 11) is 2.27. The van der Waals surface area contributed by atoms with E-state index >= 15 is 0 Å². The zero-order valence-corrected chi connectivity index (χ0v) is 4.67. The first-order valence-corrected chi connectivity index (χ1v) is 1.90. The molecular weight excluding hydrogens is 112 g/mol. The van der Waals surface area contributed by atoms with Crippen molar-refractivity contribution >= 4 is 6.29 Å². The van der Waals surface area contributed by atoms with Crippen LogP contribution in [-0.2, 0) is 14.3 Å². The lowest BCUT2D eigenvalue weighted by atomic mass is 10.6. The zero-order chi connectivity index (χ0) is 6.62. The Balaban J connectivity index is 3.76. The number of carbonyl (C=O) groups excluding carboxylic acids is 1. The van der Waals surface area contributed by atoms with Crippen molar-refractivity contribution in [2.75, 3.05) is 14.2 Å².